The molecule has 2 unspecified atom stereocenters. The Morgan fingerprint density at radius 3 is 2.89 bits per heavy atom. The first-order chi connectivity index (χ1) is 8.95. The fraction of sp³-hybridized carbons (Fsp3) is 0.333. The molecular weight excluding hydrogens is 250 g/mol. The van der Waals surface area contributed by atoms with Gasteiger partial charge in [0.25, 0.3) is 11.8 Å². The van der Waals surface area contributed by atoms with Crippen LogP contribution in [-0.2, 0) is 9.59 Å². The van der Waals surface area contributed by atoms with Crippen LogP contribution in [0.15, 0.2) is 18.2 Å². The van der Waals surface area contributed by atoms with Crippen LogP contribution in [-0.4, -0.2) is 35.7 Å². The van der Waals surface area contributed by atoms with E-state index < -0.39 is 30.6 Å². The molecule has 102 valence electrons. The fourth-order valence-corrected chi connectivity index (χ4v) is 1.82. The maximum Gasteiger partial charge on any atom is 0.274 e. The molecule has 7 nitrogen and oxygen atoms in total. The summed E-state index contributed by atoms with van der Waals surface area (Å²) in [5, 5.41) is 8.95. The van der Waals surface area contributed by atoms with Gasteiger partial charge in [0.2, 0.25) is 0 Å². The summed E-state index contributed by atoms with van der Waals surface area (Å²) in [6, 6.07) is 3.48. The van der Waals surface area contributed by atoms with E-state index in [0.29, 0.717) is 11.4 Å². The molecule has 1 aromatic rings. The number of imide groups is 1. The highest BCUT2D eigenvalue weighted by Gasteiger charge is 2.37. The molecule has 0 fully saturated rings. The molecule has 1 aliphatic heterocycles. The van der Waals surface area contributed by atoms with E-state index in [0.717, 1.165) is 4.90 Å². The molecule has 0 bridgehead atoms. The lowest BCUT2D eigenvalue weighted by atomic mass is 10.1. The number of amides is 2. The standard InChI is InChI=1S/C12H15N3O4/c1-6-11(17)15(12(18)8(14)5-16)9-4-7(13)2-3-10(9)19-6/h2-4,6,8,16H,5,13-14H2,1H3. The first-order valence-electron chi connectivity index (χ1n) is 5.76. The number of nitrogens with zero attached hydrogens (tertiary/aromatic N) is 1. The second-order valence-electron chi connectivity index (χ2n) is 4.29. The van der Waals surface area contributed by atoms with Crippen molar-refractivity contribution in [3.63, 3.8) is 0 Å². The second kappa shape index (κ2) is 4.87. The SMILES string of the molecule is CC1Oc2ccc(N)cc2N(C(=O)C(N)CO)C1=O. The largest absolute Gasteiger partial charge is 0.479 e. The number of aliphatic hydroxyl groups is 1. The van der Waals surface area contributed by atoms with Crippen molar-refractivity contribution in [3.05, 3.63) is 18.2 Å². The number of benzene rings is 1. The summed E-state index contributed by atoms with van der Waals surface area (Å²) in [6.45, 7) is 0.988. The number of ether oxygens (including phenoxy) is 1. The van der Waals surface area contributed by atoms with E-state index in [1.165, 1.54) is 13.0 Å². The summed E-state index contributed by atoms with van der Waals surface area (Å²) < 4.78 is 5.39. The van der Waals surface area contributed by atoms with Gasteiger partial charge in [-0.15, -0.1) is 0 Å². The molecule has 7 heteroatoms. The lowest BCUT2D eigenvalue weighted by Crippen LogP contribution is -2.54. The normalized spacial score (nSPS) is 19.6. The van der Waals surface area contributed by atoms with Crippen LogP contribution in [0.5, 0.6) is 5.75 Å². The molecule has 1 heterocycles. The van der Waals surface area contributed by atoms with Crippen molar-refractivity contribution in [2.45, 2.75) is 19.1 Å². The second-order valence-corrected chi connectivity index (χ2v) is 4.29. The van der Waals surface area contributed by atoms with Gasteiger partial charge >= 0.3 is 0 Å². The number of carbonyl (C=O) groups is 2. The number of fused-ring (bicyclic) bond motifs is 1. The molecule has 0 aromatic heterocycles. The molecule has 1 aromatic carbocycles. The molecule has 2 amide bonds. The van der Waals surface area contributed by atoms with Gasteiger partial charge in [0.15, 0.2) is 6.10 Å². The van der Waals surface area contributed by atoms with Crippen molar-refractivity contribution in [3.8, 4) is 5.75 Å². The van der Waals surface area contributed by atoms with E-state index in [2.05, 4.69) is 0 Å². The summed E-state index contributed by atoms with van der Waals surface area (Å²) in [5.41, 5.74) is 11.8. The third-order valence-electron chi connectivity index (χ3n) is 2.83. The van der Waals surface area contributed by atoms with E-state index >= 15 is 0 Å². The highest BCUT2D eigenvalue weighted by molar-refractivity contribution is 6.19. The molecular formula is C12H15N3O4. The summed E-state index contributed by atoms with van der Waals surface area (Å²) in [6.07, 6.45) is -0.800. The third kappa shape index (κ3) is 2.25. The van der Waals surface area contributed by atoms with Gasteiger partial charge in [0.1, 0.15) is 11.8 Å². The van der Waals surface area contributed by atoms with Gasteiger partial charge in [-0.3, -0.25) is 9.59 Å². The van der Waals surface area contributed by atoms with E-state index in [-0.39, 0.29) is 5.69 Å². The number of hydrogen-bond acceptors (Lipinski definition) is 6. The monoisotopic (exact) mass is 265 g/mol. The van der Waals surface area contributed by atoms with E-state index in [9.17, 15) is 9.59 Å². The fourth-order valence-electron chi connectivity index (χ4n) is 1.82. The lowest BCUT2D eigenvalue weighted by Gasteiger charge is -2.32. The van der Waals surface area contributed by atoms with Crippen molar-refractivity contribution >= 4 is 23.2 Å². The summed E-state index contributed by atoms with van der Waals surface area (Å²) in [7, 11) is 0. The predicted octanol–water partition coefficient (Wildman–Crippen LogP) is -0.771. The zero-order valence-electron chi connectivity index (χ0n) is 10.4. The quantitative estimate of drug-likeness (QED) is 0.604. The average molecular weight is 265 g/mol. The molecule has 1 aliphatic rings. The highest BCUT2D eigenvalue weighted by Crippen LogP contribution is 2.35. The summed E-state index contributed by atoms with van der Waals surface area (Å²) in [5.74, 6) is -0.846. The smallest absolute Gasteiger partial charge is 0.274 e. The van der Waals surface area contributed by atoms with Gasteiger partial charge in [0, 0.05) is 5.69 Å². The number of aliphatic hydroxyl groups excluding tert-OH is 1. The molecule has 0 spiro atoms. The lowest BCUT2D eigenvalue weighted by molar-refractivity contribution is -0.132. The third-order valence-corrected chi connectivity index (χ3v) is 2.83. The Morgan fingerprint density at radius 2 is 2.26 bits per heavy atom. The van der Waals surface area contributed by atoms with Gasteiger partial charge in [-0.25, -0.2) is 4.90 Å². The molecule has 2 rings (SSSR count). The Labute approximate surface area is 109 Å². The minimum atomic E-state index is -1.16. The molecule has 2 atom stereocenters. The molecule has 0 saturated heterocycles. The van der Waals surface area contributed by atoms with E-state index in [1.807, 2.05) is 0 Å². The van der Waals surface area contributed by atoms with Crippen LogP contribution in [0, 0.1) is 0 Å². The van der Waals surface area contributed by atoms with E-state index in [1.54, 1.807) is 12.1 Å². The Hall–Kier alpha value is -2.12. The van der Waals surface area contributed by atoms with E-state index in [4.69, 9.17) is 21.3 Å². The topological polar surface area (TPSA) is 119 Å². The Morgan fingerprint density at radius 1 is 1.58 bits per heavy atom. The van der Waals surface area contributed by atoms with Crippen molar-refractivity contribution in [1.29, 1.82) is 0 Å². The van der Waals surface area contributed by atoms with Gasteiger partial charge in [0.05, 0.1) is 12.3 Å². The molecule has 19 heavy (non-hydrogen) atoms. The molecule has 0 aliphatic carbocycles. The summed E-state index contributed by atoms with van der Waals surface area (Å²) >= 11 is 0. The van der Waals surface area contributed by atoms with Crippen molar-refractivity contribution in [2.24, 2.45) is 5.73 Å². The van der Waals surface area contributed by atoms with Crippen LogP contribution < -0.4 is 21.1 Å². The number of nitrogen functional groups attached to an aromatic ring is 1. The summed E-state index contributed by atoms with van der Waals surface area (Å²) in [4.78, 5) is 25.1. The maximum atomic E-state index is 12.1. The molecule has 0 saturated carbocycles. The number of carbonyl (C=O) groups excluding carboxylic acids is 2. The van der Waals surface area contributed by atoms with Crippen LogP contribution in [0.4, 0.5) is 11.4 Å². The van der Waals surface area contributed by atoms with Crippen molar-refractivity contribution in [1.82, 2.24) is 0 Å². The highest BCUT2D eigenvalue weighted by atomic mass is 16.5. The average Bonchev–Trinajstić information content (AvgIpc) is 2.39. The Bertz CT molecular complexity index is 532. The van der Waals surface area contributed by atoms with Crippen molar-refractivity contribution < 1.29 is 19.4 Å². The van der Waals surface area contributed by atoms with Crippen LogP contribution in [0.3, 0.4) is 0 Å². The van der Waals surface area contributed by atoms with Crippen LogP contribution in [0.25, 0.3) is 0 Å². The minimum Gasteiger partial charge on any atom is -0.479 e. The molecule has 0 radical (unpaired) electrons. The van der Waals surface area contributed by atoms with Crippen LogP contribution in [0.2, 0.25) is 0 Å². The van der Waals surface area contributed by atoms with Gasteiger partial charge in [-0.1, -0.05) is 0 Å². The maximum absolute atomic E-state index is 12.1. The number of rotatable bonds is 2. The van der Waals surface area contributed by atoms with Crippen LogP contribution in [0.1, 0.15) is 6.92 Å². The first kappa shape index (κ1) is 13.3. The van der Waals surface area contributed by atoms with Gasteiger partial charge in [-0.2, -0.15) is 0 Å². The Kier molecular flexibility index (Phi) is 3.41. The van der Waals surface area contributed by atoms with Crippen LogP contribution >= 0.6 is 0 Å². The van der Waals surface area contributed by atoms with Gasteiger partial charge in [-0.05, 0) is 25.1 Å². The number of anilines is 2. The van der Waals surface area contributed by atoms with Crippen molar-refractivity contribution in [2.75, 3.05) is 17.2 Å². The zero-order chi connectivity index (χ0) is 14.2. The predicted molar refractivity (Wildman–Crippen MR) is 68.5 cm³/mol. The first-order valence-corrected chi connectivity index (χ1v) is 5.76. The Balaban J connectivity index is 2.50. The number of nitrogens with two attached hydrogens (primary N) is 2. The van der Waals surface area contributed by atoms with Gasteiger partial charge < -0.3 is 21.3 Å². The minimum absolute atomic E-state index is 0.247. The molecule has 5 N–H and O–H groups in total. The zero-order valence-corrected chi connectivity index (χ0v) is 10.4. The number of hydrogen-bond donors (Lipinski definition) is 3.